The van der Waals surface area contributed by atoms with Crippen molar-refractivity contribution in [2.24, 2.45) is 11.8 Å². The second kappa shape index (κ2) is 10.5. The van der Waals surface area contributed by atoms with E-state index in [1.54, 1.807) is 20.9 Å². The van der Waals surface area contributed by atoms with Gasteiger partial charge in [0, 0.05) is 10.8 Å². The molecule has 2 fully saturated rings. The molecule has 0 bridgehead atoms. The standard InChI is InChI=1S/C24H34N2O7S/c1-16(2)11-20(34-26(5,14-22(29)33-34)13-19(27)15-31-34)25-24(30)23(17(3)4)32-21(28)12-18-9-7-6-8-10-18/h6-10,16-17,20,23H,11-15H2,1-5H3/p+1. The van der Waals surface area contributed by atoms with Crippen LogP contribution in [0.5, 0.6) is 0 Å². The third-order valence-corrected chi connectivity index (χ3v) is 9.25. The van der Waals surface area contributed by atoms with Crippen molar-refractivity contribution in [2.45, 2.75) is 52.0 Å². The number of ether oxygens (including phenoxy) is 1. The summed E-state index contributed by atoms with van der Waals surface area (Å²) in [6.45, 7) is 7.52. The molecule has 34 heavy (non-hydrogen) atoms. The van der Waals surface area contributed by atoms with E-state index in [1.165, 1.54) is 0 Å². The lowest BCUT2D eigenvalue weighted by molar-refractivity contribution is -0.768. The number of nitrogens with one attached hydrogen (secondary N) is 1. The van der Waals surface area contributed by atoms with Gasteiger partial charge in [0.2, 0.25) is 12.3 Å². The maximum atomic E-state index is 13.4. The van der Waals surface area contributed by atoms with Crippen LogP contribution in [0.15, 0.2) is 30.3 Å². The van der Waals surface area contributed by atoms with Gasteiger partial charge in [-0.3, -0.25) is 14.4 Å². The number of fused-ring (bicyclic) bond motifs is 1. The fourth-order valence-corrected chi connectivity index (χ4v) is 7.79. The molecule has 0 spiro atoms. The van der Waals surface area contributed by atoms with Gasteiger partial charge in [-0.2, -0.15) is 3.89 Å². The molecule has 0 aliphatic carbocycles. The minimum absolute atomic E-state index is 0.00517. The van der Waals surface area contributed by atoms with Gasteiger partial charge in [0.25, 0.3) is 5.91 Å². The Morgan fingerprint density at radius 3 is 2.41 bits per heavy atom. The van der Waals surface area contributed by atoms with Gasteiger partial charge < -0.3 is 14.2 Å². The summed E-state index contributed by atoms with van der Waals surface area (Å²) >= 11 is 0. The summed E-state index contributed by atoms with van der Waals surface area (Å²) < 4.78 is 17.4. The fraction of sp³-hybridized carbons (Fsp3) is 0.583. The second-order valence-corrected chi connectivity index (χ2v) is 12.7. The first-order valence-electron chi connectivity index (χ1n) is 11.5. The van der Waals surface area contributed by atoms with Crippen LogP contribution in [0.3, 0.4) is 0 Å². The highest BCUT2D eigenvalue weighted by Gasteiger charge is 2.61. The van der Waals surface area contributed by atoms with E-state index in [2.05, 4.69) is 5.32 Å². The van der Waals surface area contributed by atoms with Crippen molar-refractivity contribution in [3.63, 3.8) is 0 Å². The molecule has 0 radical (unpaired) electrons. The number of esters is 1. The number of nitrogens with zero attached hydrogens (tertiary/aromatic N) is 1. The lowest BCUT2D eigenvalue weighted by atomic mass is 10.1. The number of hydrogen-bond acceptors (Lipinski definition) is 7. The zero-order chi connectivity index (χ0) is 25.1. The van der Waals surface area contributed by atoms with Crippen LogP contribution in [-0.4, -0.2) is 65.7 Å². The molecule has 9 nitrogen and oxygen atoms in total. The monoisotopic (exact) mass is 495 g/mol. The Kier molecular flexibility index (Phi) is 8.05. The first kappa shape index (κ1) is 26.2. The molecule has 2 aliphatic heterocycles. The Morgan fingerprint density at radius 1 is 1.12 bits per heavy atom. The summed E-state index contributed by atoms with van der Waals surface area (Å²) in [7, 11) is -0.897. The molecule has 2 saturated heterocycles. The van der Waals surface area contributed by atoms with Gasteiger partial charge in [-0.1, -0.05) is 58.0 Å². The maximum absolute atomic E-state index is 13.4. The third kappa shape index (κ3) is 5.61. The number of benzene rings is 1. The van der Waals surface area contributed by atoms with Crippen molar-refractivity contribution in [2.75, 3.05) is 26.7 Å². The molecule has 3 rings (SSSR count). The number of quaternary nitrogens is 1. The van der Waals surface area contributed by atoms with E-state index < -0.39 is 40.1 Å². The smallest absolute Gasteiger partial charge is 0.389 e. The van der Waals surface area contributed by atoms with Crippen LogP contribution in [0, 0.1) is 11.8 Å². The lowest BCUT2D eigenvalue weighted by Gasteiger charge is -2.54. The molecule has 1 amide bonds. The van der Waals surface area contributed by atoms with Crippen molar-refractivity contribution >= 4 is 34.4 Å². The Bertz CT molecular complexity index is 939. The molecule has 10 heteroatoms. The Balaban J connectivity index is 1.81. The zero-order valence-corrected chi connectivity index (χ0v) is 21.3. The van der Waals surface area contributed by atoms with E-state index in [1.807, 2.05) is 44.2 Å². The van der Waals surface area contributed by atoms with E-state index >= 15 is 0 Å². The molecule has 4 unspecified atom stereocenters. The molecule has 4 atom stereocenters. The molecule has 1 aromatic rings. The van der Waals surface area contributed by atoms with Gasteiger partial charge in [0.1, 0.15) is 6.61 Å². The summed E-state index contributed by atoms with van der Waals surface area (Å²) in [6.07, 6.45) is -0.499. The molecular weight excluding hydrogens is 460 g/mol. The van der Waals surface area contributed by atoms with Crippen LogP contribution in [0.1, 0.15) is 39.7 Å². The average Bonchev–Trinajstić information content (AvgIpc) is 3.01. The topological polar surface area (TPSA) is 108 Å². The zero-order valence-electron chi connectivity index (χ0n) is 20.4. The molecular formula is C24H35N2O7S+. The van der Waals surface area contributed by atoms with E-state index in [0.29, 0.717) is 6.42 Å². The second-order valence-electron chi connectivity index (χ2n) is 9.83. The summed E-state index contributed by atoms with van der Waals surface area (Å²) in [5.74, 6) is -1.69. The van der Waals surface area contributed by atoms with Crippen molar-refractivity contribution < 1.29 is 36.2 Å². The minimum atomic E-state index is -2.66. The van der Waals surface area contributed by atoms with E-state index in [0.717, 1.165) is 5.56 Å². The first-order chi connectivity index (χ1) is 16.0. The van der Waals surface area contributed by atoms with E-state index in [4.69, 9.17) is 13.1 Å². The van der Waals surface area contributed by atoms with Crippen molar-refractivity contribution in [3.05, 3.63) is 35.9 Å². The molecule has 0 saturated carbocycles. The number of likely N-dealkylation sites (N-methyl/N-ethyl adjacent to an activating group) is 1. The van der Waals surface area contributed by atoms with Crippen LogP contribution >= 0.6 is 10.8 Å². The molecule has 1 N–H and O–H groups in total. The van der Waals surface area contributed by atoms with Gasteiger partial charge in [0.15, 0.2) is 18.0 Å². The van der Waals surface area contributed by atoms with Gasteiger partial charge in [-0.05, 0) is 23.8 Å². The van der Waals surface area contributed by atoms with Crippen molar-refractivity contribution in [1.82, 2.24) is 5.32 Å². The van der Waals surface area contributed by atoms with Crippen molar-refractivity contribution in [3.8, 4) is 0 Å². The SMILES string of the molecule is CC(C)CC(NC(=O)C(OC(=O)Cc1ccccc1)C(C)C)S12OCC(=O)C[N+]1(C)CC(=O)O2. The van der Waals surface area contributed by atoms with Crippen LogP contribution in [-0.2, 0) is 38.7 Å². The molecule has 1 aromatic carbocycles. The lowest BCUT2D eigenvalue weighted by Crippen LogP contribution is -2.59. The van der Waals surface area contributed by atoms with Gasteiger partial charge in [-0.25, -0.2) is 8.98 Å². The highest BCUT2D eigenvalue weighted by atomic mass is 32.3. The van der Waals surface area contributed by atoms with Crippen LogP contribution in [0.4, 0.5) is 0 Å². The number of Topliss-reactive ketones (excluding diaryl/α,β-unsaturated/α-hetero) is 1. The summed E-state index contributed by atoms with van der Waals surface area (Å²) in [5, 5.41) is 2.33. The first-order valence-corrected chi connectivity index (χ1v) is 13.0. The molecule has 2 aliphatic rings. The number of hydrogen-bond donors (Lipinski definition) is 1. The van der Waals surface area contributed by atoms with Gasteiger partial charge in [0.05, 0.1) is 13.5 Å². The summed E-state index contributed by atoms with van der Waals surface area (Å²) in [5.41, 5.74) is 0.794. The van der Waals surface area contributed by atoms with Crippen LogP contribution in [0.2, 0.25) is 0 Å². The maximum Gasteiger partial charge on any atom is 0.389 e. The molecule has 0 aromatic heterocycles. The highest BCUT2D eigenvalue weighted by molar-refractivity contribution is 8.22. The van der Waals surface area contributed by atoms with Crippen LogP contribution < -0.4 is 5.32 Å². The minimum Gasteiger partial charge on any atom is -0.452 e. The molecule has 188 valence electrons. The Hall–Kier alpha value is -2.43. The highest BCUT2D eigenvalue weighted by Crippen LogP contribution is 2.67. The van der Waals surface area contributed by atoms with Gasteiger partial charge >= 0.3 is 11.9 Å². The van der Waals surface area contributed by atoms with Crippen LogP contribution in [0.25, 0.3) is 0 Å². The number of carbonyl (C=O) groups excluding carboxylic acids is 4. The summed E-state index contributed by atoms with van der Waals surface area (Å²) in [6, 6.07) is 9.17. The van der Waals surface area contributed by atoms with E-state index in [-0.39, 0.29) is 47.6 Å². The Labute approximate surface area is 202 Å². The van der Waals surface area contributed by atoms with E-state index in [9.17, 15) is 19.2 Å². The summed E-state index contributed by atoms with van der Waals surface area (Å²) in [4.78, 5) is 50.5. The number of carbonyl (C=O) groups is 4. The normalized spacial score (nSPS) is 28.0. The third-order valence-electron chi connectivity index (χ3n) is 5.85. The van der Waals surface area contributed by atoms with Gasteiger partial charge in [-0.15, -0.1) is 0 Å². The molecule has 2 heterocycles. The quantitative estimate of drug-likeness (QED) is 0.414. The predicted molar refractivity (Wildman–Crippen MR) is 127 cm³/mol. The Morgan fingerprint density at radius 2 is 1.79 bits per heavy atom. The largest absolute Gasteiger partial charge is 0.452 e. The number of amides is 1. The number of ketones is 1. The fourth-order valence-electron chi connectivity index (χ4n) is 4.29. The number of rotatable bonds is 9. The average molecular weight is 496 g/mol. The van der Waals surface area contributed by atoms with Crippen molar-refractivity contribution in [1.29, 1.82) is 0 Å². The predicted octanol–water partition coefficient (Wildman–Crippen LogP) is 2.44.